The molecule has 1 aromatic rings. The Labute approximate surface area is 116 Å². The Hall–Kier alpha value is -1.06. The van der Waals surface area contributed by atoms with Gasteiger partial charge in [-0.15, -0.1) is 0 Å². The summed E-state index contributed by atoms with van der Waals surface area (Å²) in [6.45, 7) is 8.92. The van der Waals surface area contributed by atoms with Crippen LogP contribution in [0, 0.1) is 13.8 Å². The van der Waals surface area contributed by atoms with Crippen LogP contribution in [0.3, 0.4) is 0 Å². The fraction of sp³-hybridized carbons (Fsp3) is 0.625. The molecule has 1 aliphatic rings. The fourth-order valence-corrected chi connectivity index (χ4v) is 2.97. The number of hydrogen-bond acceptors (Lipinski definition) is 3. The summed E-state index contributed by atoms with van der Waals surface area (Å²) in [6, 6.07) is 7.61. The smallest absolute Gasteiger partial charge is 0.0446 e. The van der Waals surface area contributed by atoms with Gasteiger partial charge in [-0.1, -0.05) is 12.1 Å². The Balaban J connectivity index is 2.22. The van der Waals surface area contributed by atoms with Crippen molar-refractivity contribution < 1.29 is 5.11 Å². The largest absolute Gasteiger partial charge is 0.396 e. The monoisotopic (exact) mass is 262 g/mol. The summed E-state index contributed by atoms with van der Waals surface area (Å²) in [5.41, 5.74) is 4.00. The summed E-state index contributed by atoms with van der Waals surface area (Å²) in [5, 5.41) is 9.23. The van der Waals surface area contributed by atoms with Crippen LogP contribution in [0.5, 0.6) is 0 Å². The molecule has 0 spiro atoms. The molecule has 19 heavy (non-hydrogen) atoms. The summed E-state index contributed by atoms with van der Waals surface area (Å²) in [4.78, 5) is 4.88. The lowest BCUT2D eigenvalue weighted by Gasteiger charge is -2.45. The highest BCUT2D eigenvalue weighted by molar-refractivity contribution is 5.55. The number of rotatable bonds is 3. The van der Waals surface area contributed by atoms with Crippen LogP contribution >= 0.6 is 0 Å². The number of likely N-dealkylation sites (N-methyl/N-ethyl adjacent to an activating group) is 1. The normalized spacial score (nSPS) is 24.8. The van der Waals surface area contributed by atoms with Crippen molar-refractivity contribution >= 4 is 5.69 Å². The molecule has 1 N–H and O–H groups in total. The van der Waals surface area contributed by atoms with E-state index in [0.29, 0.717) is 12.1 Å². The highest BCUT2D eigenvalue weighted by atomic mass is 16.3. The molecule has 0 amide bonds. The molecular weight excluding hydrogens is 236 g/mol. The topological polar surface area (TPSA) is 26.7 Å². The second kappa shape index (κ2) is 5.93. The van der Waals surface area contributed by atoms with Crippen molar-refractivity contribution in [3.8, 4) is 0 Å². The van der Waals surface area contributed by atoms with E-state index in [1.165, 1.54) is 16.8 Å². The number of piperazine rings is 1. The van der Waals surface area contributed by atoms with Crippen molar-refractivity contribution in [1.29, 1.82) is 0 Å². The van der Waals surface area contributed by atoms with E-state index in [9.17, 15) is 5.11 Å². The lowest BCUT2D eigenvalue weighted by molar-refractivity contribution is 0.128. The Bertz CT molecular complexity index is 433. The number of aliphatic hydroxyl groups excluding tert-OH is 1. The number of benzene rings is 1. The van der Waals surface area contributed by atoms with Gasteiger partial charge < -0.3 is 10.0 Å². The van der Waals surface area contributed by atoms with Crippen molar-refractivity contribution in [2.24, 2.45) is 0 Å². The first-order valence-corrected chi connectivity index (χ1v) is 7.18. The minimum absolute atomic E-state index is 0.266. The number of aryl methyl sites for hydroxylation is 2. The molecule has 1 saturated heterocycles. The minimum atomic E-state index is 0.266. The number of hydrogen-bond donors (Lipinski definition) is 1. The molecule has 1 heterocycles. The Kier molecular flexibility index (Phi) is 4.48. The van der Waals surface area contributed by atoms with Crippen LogP contribution in [0.15, 0.2) is 18.2 Å². The van der Waals surface area contributed by atoms with E-state index < -0.39 is 0 Å². The van der Waals surface area contributed by atoms with Gasteiger partial charge in [-0.3, -0.25) is 4.90 Å². The minimum Gasteiger partial charge on any atom is -0.396 e. The molecule has 0 aromatic heterocycles. The SMILES string of the molecule is Cc1ccc(C)c(N2CC(C)N(C)C(CCO)C2)c1. The second-order valence-electron chi connectivity index (χ2n) is 5.88. The zero-order chi connectivity index (χ0) is 14.0. The maximum absolute atomic E-state index is 9.23. The summed E-state index contributed by atoms with van der Waals surface area (Å²) in [5.74, 6) is 0. The Morgan fingerprint density at radius 2 is 2.00 bits per heavy atom. The van der Waals surface area contributed by atoms with Gasteiger partial charge in [0, 0.05) is 37.5 Å². The molecule has 1 aromatic carbocycles. The van der Waals surface area contributed by atoms with Crippen molar-refractivity contribution in [3.63, 3.8) is 0 Å². The van der Waals surface area contributed by atoms with Gasteiger partial charge in [0.15, 0.2) is 0 Å². The molecule has 0 radical (unpaired) electrons. The van der Waals surface area contributed by atoms with E-state index in [0.717, 1.165) is 19.5 Å². The molecule has 106 valence electrons. The van der Waals surface area contributed by atoms with Gasteiger partial charge in [0.25, 0.3) is 0 Å². The summed E-state index contributed by atoms with van der Waals surface area (Å²) >= 11 is 0. The molecule has 2 rings (SSSR count). The standard InChI is InChI=1S/C16H26N2O/c1-12-5-6-13(2)16(9-12)18-10-14(3)17(4)15(11-18)7-8-19/h5-6,9,14-15,19H,7-8,10-11H2,1-4H3. The molecule has 2 atom stereocenters. The number of aliphatic hydroxyl groups is 1. The predicted molar refractivity (Wildman–Crippen MR) is 80.8 cm³/mol. The van der Waals surface area contributed by atoms with Crippen LogP contribution in [0.4, 0.5) is 5.69 Å². The number of anilines is 1. The fourth-order valence-electron chi connectivity index (χ4n) is 2.97. The summed E-state index contributed by atoms with van der Waals surface area (Å²) in [7, 11) is 2.17. The highest BCUT2D eigenvalue weighted by Crippen LogP contribution is 2.26. The summed E-state index contributed by atoms with van der Waals surface area (Å²) < 4.78 is 0. The Morgan fingerprint density at radius 1 is 1.26 bits per heavy atom. The predicted octanol–water partition coefficient (Wildman–Crippen LogP) is 2.19. The highest BCUT2D eigenvalue weighted by Gasteiger charge is 2.29. The van der Waals surface area contributed by atoms with E-state index in [-0.39, 0.29) is 6.61 Å². The number of nitrogens with zero attached hydrogens (tertiary/aromatic N) is 2. The van der Waals surface area contributed by atoms with Crippen LogP contribution in [-0.2, 0) is 0 Å². The lowest BCUT2D eigenvalue weighted by atomic mass is 10.0. The van der Waals surface area contributed by atoms with Gasteiger partial charge in [0.05, 0.1) is 0 Å². The van der Waals surface area contributed by atoms with E-state index in [2.05, 4.69) is 55.8 Å². The molecule has 0 saturated carbocycles. The molecule has 2 unspecified atom stereocenters. The van der Waals surface area contributed by atoms with Crippen molar-refractivity contribution in [2.45, 2.75) is 39.3 Å². The van der Waals surface area contributed by atoms with Gasteiger partial charge >= 0.3 is 0 Å². The Morgan fingerprint density at radius 3 is 2.68 bits per heavy atom. The average Bonchev–Trinajstić information content (AvgIpc) is 2.38. The van der Waals surface area contributed by atoms with E-state index in [1.807, 2.05) is 0 Å². The molecule has 0 aliphatic carbocycles. The zero-order valence-electron chi connectivity index (χ0n) is 12.6. The second-order valence-corrected chi connectivity index (χ2v) is 5.88. The van der Waals surface area contributed by atoms with Crippen LogP contribution in [0.1, 0.15) is 24.5 Å². The van der Waals surface area contributed by atoms with E-state index in [1.54, 1.807) is 0 Å². The average molecular weight is 262 g/mol. The third kappa shape index (κ3) is 3.10. The van der Waals surface area contributed by atoms with E-state index >= 15 is 0 Å². The zero-order valence-corrected chi connectivity index (χ0v) is 12.6. The van der Waals surface area contributed by atoms with Crippen molar-refractivity contribution in [3.05, 3.63) is 29.3 Å². The van der Waals surface area contributed by atoms with Crippen LogP contribution < -0.4 is 4.90 Å². The quantitative estimate of drug-likeness (QED) is 0.904. The van der Waals surface area contributed by atoms with Crippen LogP contribution in [0.2, 0.25) is 0 Å². The molecule has 3 nitrogen and oxygen atoms in total. The molecule has 1 aliphatic heterocycles. The van der Waals surface area contributed by atoms with E-state index in [4.69, 9.17) is 0 Å². The van der Waals surface area contributed by atoms with Gasteiger partial charge in [-0.05, 0) is 51.4 Å². The molecular formula is C16H26N2O. The third-order valence-electron chi connectivity index (χ3n) is 4.35. The first kappa shape index (κ1) is 14.4. The van der Waals surface area contributed by atoms with Crippen molar-refractivity contribution in [1.82, 2.24) is 4.90 Å². The van der Waals surface area contributed by atoms with Gasteiger partial charge in [-0.25, -0.2) is 0 Å². The molecule has 0 bridgehead atoms. The van der Waals surface area contributed by atoms with Crippen LogP contribution in [-0.4, -0.2) is 48.8 Å². The van der Waals surface area contributed by atoms with Crippen molar-refractivity contribution in [2.75, 3.05) is 31.6 Å². The van der Waals surface area contributed by atoms with Crippen LogP contribution in [0.25, 0.3) is 0 Å². The van der Waals surface area contributed by atoms with Gasteiger partial charge in [0.1, 0.15) is 0 Å². The first-order valence-electron chi connectivity index (χ1n) is 7.18. The molecule has 3 heteroatoms. The lowest BCUT2D eigenvalue weighted by Crippen LogP contribution is -2.56. The van der Waals surface area contributed by atoms with Gasteiger partial charge in [-0.2, -0.15) is 0 Å². The van der Waals surface area contributed by atoms with Gasteiger partial charge in [0.2, 0.25) is 0 Å². The third-order valence-corrected chi connectivity index (χ3v) is 4.35. The summed E-state index contributed by atoms with van der Waals surface area (Å²) in [6.07, 6.45) is 0.849. The maximum Gasteiger partial charge on any atom is 0.0446 e. The molecule has 1 fully saturated rings. The maximum atomic E-state index is 9.23. The first-order chi connectivity index (χ1) is 9.02.